The van der Waals surface area contributed by atoms with Crippen molar-refractivity contribution in [1.82, 2.24) is 4.98 Å². The molecule has 0 bridgehead atoms. The Labute approximate surface area is 122 Å². The van der Waals surface area contributed by atoms with E-state index in [1.807, 2.05) is 5.38 Å². The molecule has 4 nitrogen and oxygen atoms in total. The van der Waals surface area contributed by atoms with Gasteiger partial charge in [-0.25, -0.2) is 4.98 Å². The van der Waals surface area contributed by atoms with Crippen LogP contribution in [0.25, 0.3) is 0 Å². The maximum absolute atomic E-state index is 11.1. The molecule has 1 N–H and O–H groups in total. The minimum Gasteiger partial charge on any atom is -0.469 e. The van der Waals surface area contributed by atoms with Crippen LogP contribution in [-0.2, 0) is 16.0 Å². The minimum atomic E-state index is -0.180. The number of hydrogen-bond donors (Lipinski definition) is 1. The molecule has 106 valence electrons. The number of thioether (sulfide) groups is 1. The van der Waals surface area contributed by atoms with Crippen molar-refractivity contribution in [3.63, 3.8) is 0 Å². The van der Waals surface area contributed by atoms with Crippen LogP contribution < -0.4 is 5.32 Å². The third-order valence-electron chi connectivity index (χ3n) is 3.12. The summed E-state index contributed by atoms with van der Waals surface area (Å²) in [6.45, 7) is 0.995. The normalized spacial score (nSPS) is 19.1. The van der Waals surface area contributed by atoms with Crippen molar-refractivity contribution in [1.29, 1.82) is 0 Å². The second-order valence-corrected chi connectivity index (χ2v) is 6.86. The van der Waals surface area contributed by atoms with E-state index in [9.17, 15) is 4.79 Å². The summed E-state index contributed by atoms with van der Waals surface area (Å²) < 4.78 is 4.62. The van der Waals surface area contributed by atoms with Crippen molar-refractivity contribution < 1.29 is 9.53 Å². The van der Waals surface area contributed by atoms with Gasteiger partial charge in [-0.1, -0.05) is 6.42 Å². The first-order valence-corrected chi connectivity index (χ1v) is 8.57. The van der Waals surface area contributed by atoms with E-state index < -0.39 is 0 Å². The molecular formula is C13H20N2O2S2. The first-order chi connectivity index (χ1) is 9.28. The van der Waals surface area contributed by atoms with Gasteiger partial charge in [0.25, 0.3) is 0 Å². The van der Waals surface area contributed by atoms with E-state index in [1.165, 1.54) is 32.1 Å². The fourth-order valence-electron chi connectivity index (χ4n) is 2.00. The summed E-state index contributed by atoms with van der Waals surface area (Å²) in [6.07, 6.45) is 5.07. The molecule has 2 rings (SSSR count). The second kappa shape index (κ2) is 7.75. The van der Waals surface area contributed by atoms with Gasteiger partial charge in [-0.3, -0.25) is 4.79 Å². The number of nitrogens with zero attached hydrogens (tertiary/aromatic N) is 1. The van der Waals surface area contributed by atoms with E-state index >= 15 is 0 Å². The molecule has 1 fully saturated rings. The Morgan fingerprint density at radius 2 is 2.47 bits per heavy atom. The summed E-state index contributed by atoms with van der Waals surface area (Å²) in [6, 6.07) is 0. The predicted octanol–water partition coefficient (Wildman–Crippen LogP) is 2.95. The number of thiazole rings is 1. The molecule has 1 atom stereocenters. The number of anilines is 1. The lowest BCUT2D eigenvalue weighted by Crippen LogP contribution is -2.19. The van der Waals surface area contributed by atoms with Gasteiger partial charge in [0.1, 0.15) is 0 Å². The van der Waals surface area contributed by atoms with E-state index in [-0.39, 0.29) is 5.97 Å². The van der Waals surface area contributed by atoms with E-state index in [0.717, 1.165) is 22.6 Å². The van der Waals surface area contributed by atoms with Gasteiger partial charge >= 0.3 is 5.97 Å². The van der Waals surface area contributed by atoms with Crippen LogP contribution in [0.5, 0.6) is 0 Å². The largest absolute Gasteiger partial charge is 0.469 e. The molecule has 19 heavy (non-hydrogen) atoms. The quantitative estimate of drug-likeness (QED) is 0.819. The monoisotopic (exact) mass is 300 g/mol. The van der Waals surface area contributed by atoms with Crippen LogP contribution in [0.3, 0.4) is 0 Å². The fourth-order valence-corrected chi connectivity index (χ4v) is 4.00. The van der Waals surface area contributed by atoms with Crippen molar-refractivity contribution in [3.05, 3.63) is 11.1 Å². The number of hydrogen-bond acceptors (Lipinski definition) is 6. The van der Waals surface area contributed by atoms with Gasteiger partial charge in [0.05, 0.1) is 19.2 Å². The zero-order chi connectivity index (χ0) is 13.5. The van der Waals surface area contributed by atoms with Crippen LogP contribution in [0.15, 0.2) is 5.38 Å². The standard InChI is InChI=1S/C13H20N2O2S2/c1-17-12(16)6-5-10-9-19-13(15-10)14-8-11-4-2-3-7-18-11/h9,11H,2-8H2,1H3,(H,14,15). The molecule has 1 aromatic heterocycles. The van der Waals surface area contributed by atoms with Crippen LogP contribution in [0, 0.1) is 0 Å². The zero-order valence-corrected chi connectivity index (χ0v) is 12.8. The molecule has 0 spiro atoms. The van der Waals surface area contributed by atoms with Crippen molar-refractivity contribution in [2.75, 3.05) is 24.7 Å². The molecule has 0 aliphatic carbocycles. The van der Waals surface area contributed by atoms with Crippen LogP contribution in [0.1, 0.15) is 31.4 Å². The van der Waals surface area contributed by atoms with E-state index in [0.29, 0.717) is 12.8 Å². The van der Waals surface area contributed by atoms with Gasteiger partial charge in [-0.05, 0) is 18.6 Å². The van der Waals surface area contributed by atoms with Gasteiger partial charge in [0.2, 0.25) is 0 Å². The number of aryl methyl sites for hydroxylation is 1. The lowest BCUT2D eigenvalue weighted by Gasteiger charge is -2.21. The number of carbonyl (C=O) groups is 1. The summed E-state index contributed by atoms with van der Waals surface area (Å²) in [5.41, 5.74) is 0.967. The number of methoxy groups -OCH3 is 1. The number of ether oxygens (including phenoxy) is 1. The van der Waals surface area contributed by atoms with Crippen LogP contribution in [0.2, 0.25) is 0 Å². The zero-order valence-electron chi connectivity index (χ0n) is 11.2. The van der Waals surface area contributed by atoms with Gasteiger partial charge in [-0.15, -0.1) is 11.3 Å². The SMILES string of the molecule is COC(=O)CCc1csc(NCC2CCCCS2)n1. The Morgan fingerprint density at radius 1 is 1.58 bits per heavy atom. The van der Waals surface area contributed by atoms with Crippen LogP contribution in [-0.4, -0.2) is 35.6 Å². The first-order valence-electron chi connectivity index (χ1n) is 6.64. The first kappa shape index (κ1) is 14.7. The Morgan fingerprint density at radius 3 is 3.21 bits per heavy atom. The van der Waals surface area contributed by atoms with Crippen molar-refractivity contribution in [2.24, 2.45) is 0 Å². The maximum Gasteiger partial charge on any atom is 0.305 e. The summed E-state index contributed by atoms with van der Waals surface area (Å²) in [5, 5.41) is 7.10. The highest BCUT2D eigenvalue weighted by molar-refractivity contribution is 7.99. The fraction of sp³-hybridized carbons (Fsp3) is 0.692. The van der Waals surface area contributed by atoms with Crippen molar-refractivity contribution >= 4 is 34.2 Å². The number of aromatic nitrogens is 1. The molecule has 6 heteroatoms. The van der Waals surface area contributed by atoms with Gasteiger partial charge in [0.15, 0.2) is 5.13 Å². The number of carbonyl (C=O) groups excluding carboxylic acids is 1. The van der Waals surface area contributed by atoms with Crippen molar-refractivity contribution in [2.45, 2.75) is 37.4 Å². The molecule has 1 aliphatic rings. The third-order valence-corrected chi connectivity index (χ3v) is 5.37. The molecular weight excluding hydrogens is 280 g/mol. The summed E-state index contributed by atoms with van der Waals surface area (Å²) in [5.74, 6) is 1.11. The third kappa shape index (κ3) is 5.03. The molecule has 1 saturated heterocycles. The Hall–Kier alpha value is -0.750. The molecule has 0 saturated carbocycles. The topological polar surface area (TPSA) is 51.2 Å². The summed E-state index contributed by atoms with van der Waals surface area (Å²) in [7, 11) is 1.41. The Kier molecular flexibility index (Phi) is 5.97. The second-order valence-electron chi connectivity index (χ2n) is 4.59. The molecule has 0 aromatic carbocycles. The molecule has 1 aromatic rings. The van der Waals surface area contributed by atoms with E-state index in [1.54, 1.807) is 11.3 Å². The number of rotatable bonds is 6. The lowest BCUT2D eigenvalue weighted by atomic mass is 10.2. The highest BCUT2D eigenvalue weighted by Gasteiger charge is 2.14. The average molecular weight is 300 g/mol. The van der Waals surface area contributed by atoms with E-state index in [2.05, 4.69) is 26.8 Å². The Balaban J connectivity index is 1.72. The smallest absolute Gasteiger partial charge is 0.305 e. The number of nitrogens with one attached hydrogen (secondary N) is 1. The average Bonchev–Trinajstić information content (AvgIpc) is 2.91. The molecule has 2 heterocycles. The highest BCUT2D eigenvalue weighted by atomic mass is 32.2. The highest BCUT2D eigenvalue weighted by Crippen LogP contribution is 2.26. The van der Waals surface area contributed by atoms with Crippen LogP contribution >= 0.6 is 23.1 Å². The summed E-state index contributed by atoms with van der Waals surface area (Å²) in [4.78, 5) is 15.6. The van der Waals surface area contributed by atoms with Crippen LogP contribution in [0.4, 0.5) is 5.13 Å². The molecule has 0 amide bonds. The lowest BCUT2D eigenvalue weighted by molar-refractivity contribution is -0.140. The van der Waals surface area contributed by atoms with Gasteiger partial charge < -0.3 is 10.1 Å². The molecule has 0 radical (unpaired) electrons. The minimum absolute atomic E-state index is 0.180. The summed E-state index contributed by atoms with van der Waals surface area (Å²) >= 11 is 3.67. The van der Waals surface area contributed by atoms with E-state index in [4.69, 9.17) is 0 Å². The maximum atomic E-state index is 11.1. The Bertz CT molecular complexity index is 403. The number of esters is 1. The van der Waals surface area contributed by atoms with Gasteiger partial charge in [0, 0.05) is 23.6 Å². The predicted molar refractivity (Wildman–Crippen MR) is 81.0 cm³/mol. The molecule has 1 unspecified atom stereocenters. The van der Waals surface area contributed by atoms with Gasteiger partial charge in [-0.2, -0.15) is 11.8 Å². The molecule has 1 aliphatic heterocycles. The van der Waals surface area contributed by atoms with Crippen molar-refractivity contribution in [3.8, 4) is 0 Å².